The van der Waals surface area contributed by atoms with Crippen LogP contribution in [-0.4, -0.2) is 56.8 Å². The van der Waals surface area contributed by atoms with Gasteiger partial charge in [0.05, 0.1) is 6.04 Å². The lowest BCUT2D eigenvalue weighted by atomic mass is 10.0. The Balaban J connectivity index is 2.53. The summed E-state index contributed by atoms with van der Waals surface area (Å²) in [7, 11) is 0. The molecule has 116 valence electrons. The third-order valence-corrected chi connectivity index (χ3v) is 3.05. The van der Waals surface area contributed by atoms with Crippen LogP contribution in [0.5, 0.6) is 0 Å². The van der Waals surface area contributed by atoms with Crippen molar-refractivity contribution in [2.24, 2.45) is 0 Å². The van der Waals surface area contributed by atoms with Crippen LogP contribution in [0, 0.1) is 0 Å². The Morgan fingerprint density at radius 1 is 1.35 bits per heavy atom. The molecule has 0 aliphatic carbocycles. The summed E-state index contributed by atoms with van der Waals surface area (Å²) in [5.41, 5.74) is 1.52. The van der Waals surface area contributed by atoms with Gasteiger partial charge in [0.2, 0.25) is 0 Å². The third-order valence-electron chi connectivity index (χ3n) is 3.05. The van der Waals surface area contributed by atoms with Gasteiger partial charge in [0, 0.05) is 12.6 Å². The molecule has 1 aliphatic rings. The van der Waals surface area contributed by atoms with Gasteiger partial charge in [-0.2, -0.15) is 0 Å². The number of carbonyl (C=O) groups excluding carboxylic acids is 1. The predicted molar refractivity (Wildman–Crippen MR) is 70.2 cm³/mol. The number of nitrogens with one attached hydrogen (secondary N) is 1. The van der Waals surface area contributed by atoms with E-state index < -0.39 is 23.8 Å². The van der Waals surface area contributed by atoms with Crippen molar-refractivity contribution in [1.82, 2.24) is 15.5 Å². The van der Waals surface area contributed by atoms with Crippen molar-refractivity contribution in [2.45, 2.75) is 58.2 Å². The fourth-order valence-corrected chi connectivity index (χ4v) is 2.04. The van der Waals surface area contributed by atoms with Gasteiger partial charge >= 0.3 is 12.2 Å². The average Bonchev–Trinajstić information content (AvgIpc) is 2.26. The molecule has 2 unspecified atom stereocenters. The minimum Gasteiger partial charge on any atom is -0.465 e. The van der Waals surface area contributed by atoms with E-state index in [1.807, 2.05) is 6.92 Å². The van der Waals surface area contributed by atoms with Gasteiger partial charge in [0.15, 0.2) is 0 Å². The predicted octanol–water partition coefficient (Wildman–Crippen LogP) is 1.65. The molecular formula is C12H23N3O5. The molecule has 2 amide bonds. The zero-order valence-corrected chi connectivity index (χ0v) is 12.3. The quantitative estimate of drug-likeness (QED) is 0.668. The molecule has 0 aromatic carbocycles. The normalized spacial score (nSPS) is 23.6. The first-order chi connectivity index (χ1) is 9.10. The highest BCUT2D eigenvalue weighted by molar-refractivity contribution is 5.67. The Morgan fingerprint density at radius 3 is 2.45 bits per heavy atom. The minimum atomic E-state index is -1.03. The number of carbonyl (C=O) groups is 2. The number of carboxylic acid groups (broad SMARTS) is 1. The number of ether oxygens (including phenoxy) is 1. The van der Waals surface area contributed by atoms with E-state index in [-0.39, 0.29) is 12.6 Å². The first kappa shape index (κ1) is 16.5. The second kappa shape index (κ2) is 6.27. The highest BCUT2D eigenvalue weighted by Crippen LogP contribution is 2.19. The number of amides is 2. The number of rotatable bonds is 2. The van der Waals surface area contributed by atoms with Crippen LogP contribution >= 0.6 is 0 Å². The van der Waals surface area contributed by atoms with Crippen molar-refractivity contribution in [1.29, 1.82) is 0 Å². The van der Waals surface area contributed by atoms with Gasteiger partial charge < -0.3 is 14.7 Å². The van der Waals surface area contributed by atoms with E-state index in [2.05, 4.69) is 5.43 Å². The maximum Gasteiger partial charge on any atom is 0.424 e. The lowest BCUT2D eigenvalue weighted by Crippen LogP contribution is -2.56. The van der Waals surface area contributed by atoms with E-state index in [9.17, 15) is 14.8 Å². The second-order valence-electron chi connectivity index (χ2n) is 5.97. The molecule has 0 bridgehead atoms. The molecule has 0 aromatic heterocycles. The first-order valence-electron chi connectivity index (χ1n) is 6.57. The summed E-state index contributed by atoms with van der Waals surface area (Å²) in [5, 5.41) is 19.5. The van der Waals surface area contributed by atoms with Crippen LogP contribution in [-0.2, 0) is 4.74 Å². The van der Waals surface area contributed by atoms with E-state index in [0.29, 0.717) is 18.0 Å². The summed E-state index contributed by atoms with van der Waals surface area (Å²) in [6, 6.07) is -0.589. The zero-order valence-electron chi connectivity index (χ0n) is 12.3. The number of piperidine rings is 1. The van der Waals surface area contributed by atoms with Gasteiger partial charge in [0.1, 0.15) is 5.60 Å². The maximum absolute atomic E-state index is 11.5. The molecule has 8 nitrogen and oxygen atoms in total. The van der Waals surface area contributed by atoms with Crippen LogP contribution in [0.3, 0.4) is 0 Å². The minimum absolute atomic E-state index is 0.0984. The van der Waals surface area contributed by atoms with E-state index in [1.54, 1.807) is 20.8 Å². The van der Waals surface area contributed by atoms with Crippen molar-refractivity contribution in [3.63, 3.8) is 0 Å². The average molecular weight is 289 g/mol. The van der Waals surface area contributed by atoms with Gasteiger partial charge in [-0.15, -0.1) is 0 Å². The molecule has 1 rings (SSSR count). The fraction of sp³-hybridized carbons (Fsp3) is 0.833. The molecule has 1 aliphatic heterocycles. The Bertz CT molecular complexity index is 369. The Hall–Kier alpha value is -1.54. The molecule has 0 spiro atoms. The monoisotopic (exact) mass is 289 g/mol. The van der Waals surface area contributed by atoms with Crippen LogP contribution in [0.2, 0.25) is 0 Å². The van der Waals surface area contributed by atoms with Crippen molar-refractivity contribution < 1.29 is 24.6 Å². The van der Waals surface area contributed by atoms with Gasteiger partial charge in [-0.25, -0.2) is 15.0 Å². The van der Waals surface area contributed by atoms with Crippen molar-refractivity contribution in [3.8, 4) is 0 Å². The number of hydrogen-bond acceptors (Lipinski definition) is 5. The summed E-state index contributed by atoms with van der Waals surface area (Å²) >= 11 is 0. The zero-order chi connectivity index (χ0) is 15.5. The Kier molecular flexibility index (Phi) is 5.18. The number of likely N-dealkylation sites (tertiary alicyclic amines) is 1. The van der Waals surface area contributed by atoms with Crippen molar-refractivity contribution in [3.05, 3.63) is 0 Å². The molecule has 8 heteroatoms. The van der Waals surface area contributed by atoms with Crippen LogP contribution in [0.25, 0.3) is 0 Å². The first-order valence-corrected chi connectivity index (χ1v) is 6.57. The second-order valence-corrected chi connectivity index (χ2v) is 5.97. The molecule has 0 radical (unpaired) electrons. The smallest absolute Gasteiger partial charge is 0.424 e. The summed E-state index contributed by atoms with van der Waals surface area (Å²) in [6.07, 6.45) is -0.616. The van der Waals surface area contributed by atoms with E-state index in [0.717, 1.165) is 0 Å². The topological polar surface area (TPSA) is 102 Å². The van der Waals surface area contributed by atoms with Crippen LogP contribution in [0.1, 0.15) is 40.5 Å². The molecule has 3 N–H and O–H groups in total. The van der Waals surface area contributed by atoms with E-state index in [4.69, 9.17) is 9.84 Å². The van der Waals surface area contributed by atoms with Crippen molar-refractivity contribution >= 4 is 12.2 Å². The molecule has 0 saturated carbocycles. The maximum atomic E-state index is 11.5. The van der Waals surface area contributed by atoms with Crippen molar-refractivity contribution in [2.75, 3.05) is 6.54 Å². The largest absolute Gasteiger partial charge is 0.465 e. The molecular weight excluding hydrogens is 266 g/mol. The number of hydrogen-bond donors (Lipinski definition) is 3. The number of hydroxylamine groups is 1. The summed E-state index contributed by atoms with van der Waals surface area (Å²) in [6.45, 7) is 7.07. The van der Waals surface area contributed by atoms with Crippen LogP contribution < -0.4 is 5.43 Å². The molecule has 0 aromatic rings. The van der Waals surface area contributed by atoms with Gasteiger partial charge in [0.25, 0.3) is 0 Å². The summed E-state index contributed by atoms with van der Waals surface area (Å²) in [4.78, 5) is 23.8. The fourth-order valence-electron chi connectivity index (χ4n) is 2.04. The van der Waals surface area contributed by atoms with Gasteiger partial charge in [-0.1, -0.05) is 5.17 Å². The summed E-state index contributed by atoms with van der Waals surface area (Å²) < 4.78 is 5.01. The SMILES string of the molecule is CC1CCC(N(O)NC(=O)OC(C)(C)C)CN1C(=O)O. The summed E-state index contributed by atoms with van der Waals surface area (Å²) in [5.74, 6) is 0. The molecule has 2 atom stereocenters. The Morgan fingerprint density at radius 2 is 1.95 bits per heavy atom. The molecule has 1 fully saturated rings. The van der Waals surface area contributed by atoms with E-state index >= 15 is 0 Å². The number of hydrazine groups is 1. The third kappa shape index (κ3) is 4.86. The lowest BCUT2D eigenvalue weighted by Gasteiger charge is -2.38. The van der Waals surface area contributed by atoms with Gasteiger partial charge in [-0.3, -0.25) is 5.21 Å². The molecule has 1 saturated heterocycles. The van der Waals surface area contributed by atoms with E-state index in [1.165, 1.54) is 4.90 Å². The van der Waals surface area contributed by atoms with Gasteiger partial charge in [-0.05, 0) is 40.5 Å². The lowest BCUT2D eigenvalue weighted by molar-refractivity contribution is -0.176. The standard InChI is InChI=1S/C12H23N3O5/c1-8-5-6-9(7-14(8)11(17)18)15(19)13-10(16)20-12(2,3)4/h8-9,19H,5-7H2,1-4H3,(H,13,16)(H,17,18). The van der Waals surface area contributed by atoms with Crippen LogP contribution in [0.15, 0.2) is 0 Å². The molecule has 1 heterocycles. The highest BCUT2D eigenvalue weighted by atomic mass is 16.6. The highest BCUT2D eigenvalue weighted by Gasteiger charge is 2.33. The molecule has 20 heavy (non-hydrogen) atoms. The Labute approximate surface area is 118 Å². The van der Waals surface area contributed by atoms with Crippen LogP contribution in [0.4, 0.5) is 9.59 Å². The number of nitrogens with zero attached hydrogens (tertiary/aromatic N) is 2.